The van der Waals surface area contributed by atoms with Crippen LogP contribution in [0.2, 0.25) is 0 Å². The Morgan fingerprint density at radius 1 is 1.20 bits per heavy atom. The minimum absolute atomic E-state index is 0.0785. The van der Waals surface area contributed by atoms with Crippen LogP contribution in [0.15, 0.2) is 48.5 Å². The second-order valence-corrected chi connectivity index (χ2v) is 4.32. The van der Waals surface area contributed by atoms with E-state index in [1.807, 2.05) is 6.92 Å². The molecule has 1 atom stereocenters. The topological polar surface area (TPSA) is 72.6 Å². The quantitative estimate of drug-likeness (QED) is 0.663. The van der Waals surface area contributed by atoms with Crippen LogP contribution >= 0.6 is 0 Å². The van der Waals surface area contributed by atoms with E-state index in [9.17, 15) is 15.2 Å². The standard InChI is InChI=1S/C15H15NO4/c1-2-14(17)11-7-9-12(10-8-11)20-15-6-4-3-5-13(15)16(18)19/h3-10,14,17H,2H2,1H3/t14-/m1/s1. The zero-order chi connectivity index (χ0) is 14.5. The average molecular weight is 273 g/mol. The fourth-order valence-electron chi connectivity index (χ4n) is 1.81. The Kier molecular flexibility index (Phi) is 4.32. The number of hydrogen-bond acceptors (Lipinski definition) is 4. The summed E-state index contributed by atoms with van der Waals surface area (Å²) in [7, 11) is 0. The molecular weight excluding hydrogens is 258 g/mol. The summed E-state index contributed by atoms with van der Waals surface area (Å²) >= 11 is 0. The van der Waals surface area contributed by atoms with Gasteiger partial charge in [0.25, 0.3) is 0 Å². The van der Waals surface area contributed by atoms with Crippen molar-refractivity contribution < 1.29 is 14.8 Å². The molecule has 5 nitrogen and oxygen atoms in total. The molecule has 0 amide bonds. The molecule has 0 aliphatic heterocycles. The molecule has 2 aromatic rings. The molecule has 0 saturated heterocycles. The number of hydrogen-bond donors (Lipinski definition) is 1. The second-order valence-electron chi connectivity index (χ2n) is 4.32. The van der Waals surface area contributed by atoms with E-state index in [0.717, 1.165) is 5.56 Å². The molecule has 2 aromatic carbocycles. The summed E-state index contributed by atoms with van der Waals surface area (Å²) in [5, 5.41) is 20.6. The van der Waals surface area contributed by atoms with Crippen molar-refractivity contribution in [3.8, 4) is 11.5 Å². The number of benzene rings is 2. The van der Waals surface area contributed by atoms with Gasteiger partial charge in [-0.2, -0.15) is 0 Å². The molecule has 0 radical (unpaired) electrons. The highest BCUT2D eigenvalue weighted by Gasteiger charge is 2.14. The molecule has 0 bridgehead atoms. The van der Waals surface area contributed by atoms with Gasteiger partial charge in [0.1, 0.15) is 5.75 Å². The van der Waals surface area contributed by atoms with Crippen molar-refractivity contribution in [1.29, 1.82) is 0 Å². The molecule has 0 aromatic heterocycles. The minimum Gasteiger partial charge on any atom is -0.450 e. The highest BCUT2D eigenvalue weighted by molar-refractivity contribution is 5.48. The lowest BCUT2D eigenvalue weighted by Crippen LogP contribution is -1.95. The predicted octanol–water partition coefficient (Wildman–Crippen LogP) is 3.83. The Bertz CT molecular complexity index is 595. The van der Waals surface area contributed by atoms with Gasteiger partial charge in [0.05, 0.1) is 11.0 Å². The van der Waals surface area contributed by atoms with Gasteiger partial charge < -0.3 is 9.84 Å². The molecule has 0 fully saturated rings. The van der Waals surface area contributed by atoms with Gasteiger partial charge in [0.2, 0.25) is 5.75 Å². The zero-order valence-corrected chi connectivity index (χ0v) is 11.0. The largest absolute Gasteiger partial charge is 0.450 e. The Morgan fingerprint density at radius 3 is 2.45 bits per heavy atom. The molecule has 104 valence electrons. The highest BCUT2D eigenvalue weighted by Crippen LogP contribution is 2.31. The van der Waals surface area contributed by atoms with Crippen LogP contribution in [0, 0.1) is 10.1 Å². The van der Waals surface area contributed by atoms with Gasteiger partial charge in [-0.3, -0.25) is 10.1 Å². The Morgan fingerprint density at radius 2 is 1.85 bits per heavy atom. The monoisotopic (exact) mass is 273 g/mol. The Labute approximate surface area is 116 Å². The molecule has 0 saturated carbocycles. The minimum atomic E-state index is -0.505. The number of aliphatic hydroxyl groups excluding tert-OH is 1. The van der Waals surface area contributed by atoms with Crippen LogP contribution in [0.3, 0.4) is 0 Å². The molecule has 5 heteroatoms. The van der Waals surface area contributed by atoms with E-state index in [1.54, 1.807) is 42.5 Å². The predicted molar refractivity (Wildman–Crippen MR) is 74.9 cm³/mol. The summed E-state index contributed by atoms with van der Waals surface area (Å²) in [5.41, 5.74) is 0.715. The maximum absolute atomic E-state index is 10.9. The lowest BCUT2D eigenvalue weighted by molar-refractivity contribution is -0.385. The van der Waals surface area contributed by atoms with Crippen LogP contribution in [0.5, 0.6) is 11.5 Å². The summed E-state index contributed by atoms with van der Waals surface area (Å²) in [6.07, 6.45) is 0.125. The summed E-state index contributed by atoms with van der Waals surface area (Å²) in [5.74, 6) is 0.688. The van der Waals surface area contributed by atoms with E-state index < -0.39 is 11.0 Å². The van der Waals surface area contributed by atoms with Gasteiger partial charge >= 0.3 is 5.69 Å². The molecule has 0 spiro atoms. The number of ether oxygens (including phenoxy) is 1. The maximum atomic E-state index is 10.9. The van der Waals surface area contributed by atoms with Crippen molar-refractivity contribution in [2.24, 2.45) is 0 Å². The van der Waals surface area contributed by atoms with E-state index in [0.29, 0.717) is 12.2 Å². The Balaban J connectivity index is 2.20. The molecule has 0 aliphatic carbocycles. The Hall–Kier alpha value is -2.40. The van der Waals surface area contributed by atoms with E-state index in [1.165, 1.54) is 6.07 Å². The van der Waals surface area contributed by atoms with Crippen molar-refractivity contribution >= 4 is 5.69 Å². The first-order valence-corrected chi connectivity index (χ1v) is 6.31. The molecule has 0 aliphatic rings. The molecule has 0 heterocycles. The van der Waals surface area contributed by atoms with Gasteiger partial charge in [0.15, 0.2) is 0 Å². The molecular formula is C15H15NO4. The van der Waals surface area contributed by atoms with E-state index in [4.69, 9.17) is 4.74 Å². The van der Waals surface area contributed by atoms with Crippen molar-refractivity contribution in [2.75, 3.05) is 0 Å². The number of para-hydroxylation sites is 2. The number of nitro benzene ring substituents is 1. The summed E-state index contributed by atoms with van der Waals surface area (Å²) in [6, 6.07) is 13.1. The zero-order valence-electron chi connectivity index (χ0n) is 11.0. The summed E-state index contributed by atoms with van der Waals surface area (Å²) in [6.45, 7) is 1.89. The maximum Gasteiger partial charge on any atom is 0.311 e. The number of rotatable bonds is 5. The number of nitrogens with zero attached hydrogens (tertiary/aromatic N) is 1. The summed E-state index contributed by atoms with van der Waals surface area (Å²) < 4.78 is 5.52. The first-order chi connectivity index (χ1) is 9.61. The lowest BCUT2D eigenvalue weighted by Gasteiger charge is -2.10. The molecule has 2 rings (SSSR count). The fraction of sp³-hybridized carbons (Fsp3) is 0.200. The van der Waals surface area contributed by atoms with Gasteiger partial charge in [-0.15, -0.1) is 0 Å². The van der Waals surface area contributed by atoms with Crippen LogP contribution in [-0.4, -0.2) is 10.0 Å². The molecule has 0 unspecified atom stereocenters. The van der Waals surface area contributed by atoms with Crippen molar-refractivity contribution in [3.63, 3.8) is 0 Å². The molecule has 20 heavy (non-hydrogen) atoms. The van der Waals surface area contributed by atoms with Gasteiger partial charge in [-0.1, -0.05) is 31.2 Å². The van der Waals surface area contributed by atoms with Crippen LogP contribution in [-0.2, 0) is 0 Å². The third-order valence-electron chi connectivity index (χ3n) is 2.94. The summed E-state index contributed by atoms with van der Waals surface area (Å²) in [4.78, 5) is 10.4. The normalized spacial score (nSPS) is 11.9. The van der Waals surface area contributed by atoms with Crippen molar-refractivity contribution in [1.82, 2.24) is 0 Å². The highest BCUT2D eigenvalue weighted by atomic mass is 16.6. The van der Waals surface area contributed by atoms with E-state index >= 15 is 0 Å². The third-order valence-corrected chi connectivity index (χ3v) is 2.94. The first kappa shape index (κ1) is 14.0. The van der Waals surface area contributed by atoms with Gasteiger partial charge in [0, 0.05) is 6.07 Å². The third kappa shape index (κ3) is 3.13. The van der Waals surface area contributed by atoms with Crippen LogP contribution in [0.4, 0.5) is 5.69 Å². The lowest BCUT2D eigenvalue weighted by atomic mass is 10.1. The van der Waals surface area contributed by atoms with Crippen molar-refractivity contribution in [3.05, 3.63) is 64.2 Å². The SMILES string of the molecule is CC[C@@H](O)c1ccc(Oc2ccccc2[N+](=O)[O-])cc1. The first-order valence-electron chi connectivity index (χ1n) is 6.31. The molecule has 1 N–H and O–H groups in total. The van der Waals surface area contributed by atoms with E-state index in [2.05, 4.69) is 0 Å². The van der Waals surface area contributed by atoms with Crippen LogP contribution in [0.1, 0.15) is 25.0 Å². The van der Waals surface area contributed by atoms with Gasteiger partial charge in [-0.05, 0) is 30.2 Å². The smallest absolute Gasteiger partial charge is 0.311 e. The van der Waals surface area contributed by atoms with E-state index in [-0.39, 0.29) is 11.4 Å². The van der Waals surface area contributed by atoms with Gasteiger partial charge in [-0.25, -0.2) is 0 Å². The fourth-order valence-corrected chi connectivity index (χ4v) is 1.81. The van der Waals surface area contributed by atoms with Crippen molar-refractivity contribution in [2.45, 2.75) is 19.4 Å². The van der Waals surface area contributed by atoms with Crippen LogP contribution in [0.25, 0.3) is 0 Å². The second kappa shape index (κ2) is 6.16. The number of nitro groups is 1. The average Bonchev–Trinajstić information content (AvgIpc) is 2.47. The number of aliphatic hydroxyl groups is 1. The van der Waals surface area contributed by atoms with Crippen LogP contribution < -0.4 is 4.74 Å².